The Morgan fingerprint density at radius 1 is 1.00 bits per heavy atom. The number of methoxy groups -OCH3 is 2. The van der Waals surface area contributed by atoms with E-state index in [-0.39, 0.29) is 5.91 Å². The van der Waals surface area contributed by atoms with E-state index >= 15 is 0 Å². The number of morpholine rings is 1. The van der Waals surface area contributed by atoms with Gasteiger partial charge in [0.25, 0.3) is 5.91 Å². The van der Waals surface area contributed by atoms with Gasteiger partial charge in [0.2, 0.25) is 0 Å². The van der Waals surface area contributed by atoms with Gasteiger partial charge in [-0.25, -0.2) is 0 Å². The van der Waals surface area contributed by atoms with E-state index in [1.54, 1.807) is 14.2 Å². The monoisotopic (exact) mass is 449 g/mol. The quantitative estimate of drug-likeness (QED) is 0.570. The topological polar surface area (TPSA) is 65.0 Å². The molecule has 1 aliphatic heterocycles. The first-order chi connectivity index (χ1) is 16.1. The van der Waals surface area contributed by atoms with Crippen molar-refractivity contribution >= 4 is 5.91 Å². The van der Waals surface area contributed by atoms with E-state index in [1.165, 1.54) is 0 Å². The molecule has 1 aromatic heterocycles. The molecule has 1 saturated heterocycles. The Morgan fingerprint density at radius 3 is 2.42 bits per heavy atom. The number of carbonyl (C=O) groups excluding carboxylic acids is 1. The van der Waals surface area contributed by atoms with Crippen molar-refractivity contribution in [2.24, 2.45) is 0 Å². The molecule has 0 spiro atoms. The predicted molar refractivity (Wildman–Crippen MR) is 129 cm³/mol. The number of rotatable bonds is 8. The van der Waals surface area contributed by atoms with Crippen molar-refractivity contribution in [3.63, 3.8) is 0 Å². The van der Waals surface area contributed by atoms with E-state index in [0.717, 1.165) is 67.0 Å². The van der Waals surface area contributed by atoms with Crippen LogP contribution in [0.25, 0.3) is 16.9 Å². The van der Waals surface area contributed by atoms with Crippen LogP contribution < -0.4 is 14.8 Å². The van der Waals surface area contributed by atoms with Gasteiger partial charge in [-0.05, 0) is 55.0 Å². The van der Waals surface area contributed by atoms with Crippen LogP contribution in [-0.4, -0.2) is 69.0 Å². The number of ether oxygens (including phenoxy) is 3. The standard InChI is InChI=1S/C26H31N3O4/c1-19-24(26(30)27-11-12-28-13-15-33-16-14-28)18-25(20-7-9-22(31-2)10-8-20)29(19)21-5-4-6-23(17-21)32-3/h4-10,17-18H,11-16H2,1-3H3,(H,27,30). The SMILES string of the molecule is COc1ccc(-c2cc(C(=O)NCCN3CCOCC3)c(C)n2-c2cccc(OC)c2)cc1. The minimum atomic E-state index is -0.0721. The molecule has 0 unspecified atom stereocenters. The molecule has 0 atom stereocenters. The summed E-state index contributed by atoms with van der Waals surface area (Å²) < 4.78 is 18.2. The van der Waals surface area contributed by atoms with Gasteiger partial charge in [-0.1, -0.05) is 6.07 Å². The van der Waals surface area contributed by atoms with Crippen molar-refractivity contribution in [1.29, 1.82) is 0 Å². The van der Waals surface area contributed by atoms with Crippen molar-refractivity contribution in [2.45, 2.75) is 6.92 Å². The van der Waals surface area contributed by atoms with Gasteiger partial charge in [-0.15, -0.1) is 0 Å². The maximum Gasteiger partial charge on any atom is 0.253 e. The van der Waals surface area contributed by atoms with Crippen LogP contribution >= 0.6 is 0 Å². The highest BCUT2D eigenvalue weighted by atomic mass is 16.5. The van der Waals surface area contributed by atoms with Gasteiger partial charge in [0, 0.05) is 43.6 Å². The van der Waals surface area contributed by atoms with Crippen LogP contribution in [0.15, 0.2) is 54.6 Å². The molecule has 174 valence electrons. The minimum Gasteiger partial charge on any atom is -0.497 e. The molecule has 1 aliphatic rings. The largest absolute Gasteiger partial charge is 0.497 e. The Bertz CT molecular complexity index is 1090. The summed E-state index contributed by atoms with van der Waals surface area (Å²) in [6, 6.07) is 17.7. The summed E-state index contributed by atoms with van der Waals surface area (Å²) in [7, 11) is 3.30. The Kier molecular flexibility index (Phi) is 7.32. The minimum absolute atomic E-state index is 0.0721. The number of nitrogens with one attached hydrogen (secondary N) is 1. The summed E-state index contributed by atoms with van der Waals surface area (Å²) in [5, 5.41) is 3.09. The van der Waals surface area contributed by atoms with Crippen molar-refractivity contribution in [2.75, 3.05) is 53.6 Å². The van der Waals surface area contributed by atoms with Gasteiger partial charge >= 0.3 is 0 Å². The molecule has 0 bridgehead atoms. The predicted octanol–water partition coefficient (Wildman–Crippen LogP) is 3.53. The van der Waals surface area contributed by atoms with Crippen LogP contribution in [0.4, 0.5) is 0 Å². The van der Waals surface area contributed by atoms with Crippen molar-refractivity contribution in [1.82, 2.24) is 14.8 Å². The lowest BCUT2D eigenvalue weighted by molar-refractivity contribution is 0.0383. The highest BCUT2D eigenvalue weighted by Gasteiger charge is 2.20. The first-order valence-electron chi connectivity index (χ1n) is 11.2. The lowest BCUT2D eigenvalue weighted by Crippen LogP contribution is -2.41. The lowest BCUT2D eigenvalue weighted by atomic mass is 10.1. The average Bonchev–Trinajstić information content (AvgIpc) is 3.21. The molecule has 7 nitrogen and oxygen atoms in total. The fourth-order valence-corrected chi connectivity index (χ4v) is 4.14. The molecule has 1 fully saturated rings. The van der Waals surface area contributed by atoms with Gasteiger partial charge in [0.05, 0.1) is 38.7 Å². The second kappa shape index (κ2) is 10.6. The Hall–Kier alpha value is -3.29. The number of amides is 1. The van der Waals surface area contributed by atoms with Crippen molar-refractivity contribution in [3.8, 4) is 28.4 Å². The number of aromatic nitrogens is 1. The third-order valence-corrected chi connectivity index (χ3v) is 6.01. The number of hydrogen-bond acceptors (Lipinski definition) is 5. The fourth-order valence-electron chi connectivity index (χ4n) is 4.14. The molecule has 2 aromatic carbocycles. The van der Waals surface area contributed by atoms with Crippen LogP contribution in [0, 0.1) is 6.92 Å². The highest BCUT2D eigenvalue weighted by Crippen LogP contribution is 2.31. The zero-order chi connectivity index (χ0) is 23.2. The summed E-state index contributed by atoms with van der Waals surface area (Å²) >= 11 is 0. The van der Waals surface area contributed by atoms with Gasteiger partial charge < -0.3 is 24.1 Å². The summed E-state index contributed by atoms with van der Waals surface area (Å²) in [5.74, 6) is 1.48. The van der Waals surface area contributed by atoms with E-state index < -0.39 is 0 Å². The van der Waals surface area contributed by atoms with E-state index in [4.69, 9.17) is 14.2 Å². The van der Waals surface area contributed by atoms with Gasteiger partial charge in [-0.3, -0.25) is 9.69 Å². The Morgan fingerprint density at radius 2 is 1.73 bits per heavy atom. The normalized spacial score (nSPS) is 14.2. The van der Waals surface area contributed by atoms with E-state index in [1.807, 2.05) is 61.5 Å². The second-order valence-corrected chi connectivity index (χ2v) is 8.00. The molecule has 1 N–H and O–H groups in total. The van der Waals surface area contributed by atoms with Crippen molar-refractivity contribution < 1.29 is 19.0 Å². The number of benzene rings is 2. The van der Waals surface area contributed by atoms with Crippen LogP contribution in [0.2, 0.25) is 0 Å². The van der Waals surface area contributed by atoms with E-state index in [9.17, 15) is 4.79 Å². The van der Waals surface area contributed by atoms with Gasteiger partial charge in [0.1, 0.15) is 11.5 Å². The number of carbonyl (C=O) groups is 1. The molecule has 0 aliphatic carbocycles. The lowest BCUT2D eigenvalue weighted by Gasteiger charge is -2.26. The molecular weight excluding hydrogens is 418 g/mol. The van der Waals surface area contributed by atoms with E-state index in [0.29, 0.717) is 12.1 Å². The molecule has 0 radical (unpaired) electrons. The second-order valence-electron chi connectivity index (χ2n) is 8.00. The molecule has 3 aromatic rings. The molecule has 4 rings (SSSR count). The third-order valence-electron chi connectivity index (χ3n) is 6.01. The van der Waals surface area contributed by atoms with Crippen LogP contribution in [0.3, 0.4) is 0 Å². The Labute approximate surface area is 194 Å². The van der Waals surface area contributed by atoms with Crippen LogP contribution in [0.1, 0.15) is 16.1 Å². The summed E-state index contributed by atoms with van der Waals surface area (Å²) in [6.07, 6.45) is 0. The van der Waals surface area contributed by atoms with Crippen LogP contribution in [0.5, 0.6) is 11.5 Å². The average molecular weight is 450 g/mol. The molecule has 7 heteroatoms. The molecule has 1 amide bonds. The fraction of sp³-hybridized carbons (Fsp3) is 0.346. The highest BCUT2D eigenvalue weighted by molar-refractivity contribution is 5.97. The van der Waals surface area contributed by atoms with Crippen LogP contribution in [-0.2, 0) is 4.74 Å². The molecule has 33 heavy (non-hydrogen) atoms. The van der Waals surface area contributed by atoms with Crippen molar-refractivity contribution in [3.05, 3.63) is 65.9 Å². The first-order valence-corrected chi connectivity index (χ1v) is 11.2. The summed E-state index contributed by atoms with van der Waals surface area (Å²) in [5.41, 5.74) is 4.39. The molecular formula is C26H31N3O4. The number of nitrogens with zero attached hydrogens (tertiary/aromatic N) is 2. The smallest absolute Gasteiger partial charge is 0.253 e. The third kappa shape index (κ3) is 5.21. The molecule has 2 heterocycles. The van der Waals surface area contributed by atoms with E-state index in [2.05, 4.69) is 14.8 Å². The summed E-state index contributed by atoms with van der Waals surface area (Å²) in [4.78, 5) is 15.5. The maximum atomic E-state index is 13.1. The summed E-state index contributed by atoms with van der Waals surface area (Å²) in [6.45, 7) is 6.70. The number of hydrogen-bond donors (Lipinski definition) is 1. The molecule has 0 saturated carbocycles. The maximum absolute atomic E-state index is 13.1. The van der Waals surface area contributed by atoms with Gasteiger partial charge in [-0.2, -0.15) is 0 Å². The first kappa shape index (κ1) is 22.9. The Balaban J connectivity index is 1.64. The van der Waals surface area contributed by atoms with Gasteiger partial charge in [0.15, 0.2) is 0 Å². The zero-order valence-corrected chi connectivity index (χ0v) is 19.5. The zero-order valence-electron chi connectivity index (χ0n) is 19.5.